The SMILES string of the molecule is CC(C)OCc1cc[c]cc1. The second-order valence-electron chi connectivity index (χ2n) is 2.77. The molecule has 0 aliphatic rings. The van der Waals surface area contributed by atoms with Crippen molar-refractivity contribution in [2.24, 2.45) is 0 Å². The van der Waals surface area contributed by atoms with Crippen LogP contribution in [0, 0.1) is 6.07 Å². The van der Waals surface area contributed by atoms with Crippen LogP contribution in [-0.4, -0.2) is 6.10 Å². The fourth-order valence-corrected chi connectivity index (χ4v) is 0.781. The zero-order valence-corrected chi connectivity index (χ0v) is 7.00. The molecule has 0 N–H and O–H groups in total. The Morgan fingerprint density at radius 3 is 2.55 bits per heavy atom. The molecule has 0 amide bonds. The van der Waals surface area contributed by atoms with Crippen LogP contribution < -0.4 is 0 Å². The summed E-state index contributed by atoms with van der Waals surface area (Å²) in [6.07, 6.45) is 0.305. The van der Waals surface area contributed by atoms with Gasteiger partial charge >= 0.3 is 0 Å². The molecule has 0 aliphatic heterocycles. The summed E-state index contributed by atoms with van der Waals surface area (Å²) in [7, 11) is 0. The molecule has 0 saturated carbocycles. The van der Waals surface area contributed by atoms with Gasteiger partial charge in [0.1, 0.15) is 0 Å². The van der Waals surface area contributed by atoms with Gasteiger partial charge in [-0.2, -0.15) is 0 Å². The molecule has 0 aromatic heterocycles. The van der Waals surface area contributed by atoms with E-state index in [0.29, 0.717) is 12.7 Å². The Hall–Kier alpha value is -0.820. The number of hydrogen-bond acceptors (Lipinski definition) is 1. The minimum absolute atomic E-state index is 0.305. The molecule has 1 heteroatoms. The zero-order valence-electron chi connectivity index (χ0n) is 7.00. The van der Waals surface area contributed by atoms with Crippen LogP contribution in [0.4, 0.5) is 0 Å². The maximum absolute atomic E-state index is 5.41. The molecule has 0 atom stereocenters. The number of benzene rings is 1. The molecule has 0 bridgehead atoms. The summed E-state index contributed by atoms with van der Waals surface area (Å²) >= 11 is 0. The average Bonchev–Trinajstić information content (AvgIpc) is 2.03. The minimum atomic E-state index is 0.305. The summed E-state index contributed by atoms with van der Waals surface area (Å²) < 4.78 is 5.41. The van der Waals surface area contributed by atoms with E-state index in [4.69, 9.17) is 4.74 Å². The van der Waals surface area contributed by atoms with Crippen LogP contribution in [0.25, 0.3) is 0 Å². The molecule has 1 rings (SSSR count). The van der Waals surface area contributed by atoms with Crippen LogP contribution in [0.5, 0.6) is 0 Å². The van der Waals surface area contributed by atoms with Crippen LogP contribution in [0.15, 0.2) is 24.3 Å². The predicted molar refractivity (Wildman–Crippen MR) is 45.2 cm³/mol. The third kappa shape index (κ3) is 3.19. The zero-order chi connectivity index (χ0) is 8.10. The molecule has 0 spiro atoms. The van der Waals surface area contributed by atoms with Gasteiger partial charge in [-0.3, -0.25) is 0 Å². The first-order valence-corrected chi connectivity index (χ1v) is 3.85. The Balaban J connectivity index is 2.39. The van der Waals surface area contributed by atoms with Crippen molar-refractivity contribution in [3.8, 4) is 0 Å². The Bertz CT molecular complexity index is 191. The highest BCUT2D eigenvalue weighted by Crippen LogP contribution is 2.01. The van der Waals surface area contributed by atoms with Gasteiger partial charge in [-0.15, -0.1) is 0 Å². The molecule has 1 radical (unpaired) electrons. The van der Waals surface area contributed by atoms with Gasteiger partial charge < -0.3 is 4.74 Å². The summed E-state index contributed by atoms with van der Waals surface area (Å²) in [5.74, 6) is 0. The molecule has 0 heterocycles. The molecule has 1 aromatic carbocycles. The summed E-state index contributed by atoms with van der Waals surface area (Å²) in [5, 5.41) is 0. The predicted octanol–water partition coefficient (Wildman–Crippen LogP) is 2.41. The molecule has 0 fully saturated rings. The van der Waals surface area contributed by atoms with Gasteiger partial charge in [0, 0.05) is 0 Å². The van der Waals surface area contributed by atoms with Gasteiger partial charge in [-0.25, -0.2) is 0 Å². The van der Waals surface area contributed by atoms with Crippen LogP contribution in [0.1, 0.15) is 19.4 Å². The second-order valence-corrected chi connectivity index (χ2v) is 2.77. The van der Waals surface area contributed by atoms with Gasteiger partial charge in [0.15, 0.2) is 0 Å². The van der Waals surface area contributed by atoms with Crippen molar-refractivity contribution in [2.45, 2.75) is 26.6 Å². The quantitative estimate of drug-likeness (QED) is 0.641. The lowest BCUT2D eigenvalue weighted by Crippen LogP contribution is -2.01. The number of ether oxygens (including phenoxy) is 1. The van der Waals surface area contributed by atoms with Crippen molar-refractivity contribution in [3.63, 3.8) is 0 Å². The fourth-order valence-electron chi connectivity index (χ4n) is 0.781. The summed E-state index contributed by atoms with van der Waals surface area (Å²) in [6, 6.07) is 10.8. The number of hydrogen-bond donors (Lipinski definition) is 0. The van der Waals surface area contributed by atoms with Gasteiger partial charge in [0.05, 0.1) is 12.7 Å². The van der Waals surface area contributed by atoms with Gasteiger partial charge in [-0.1, -0.05) is 24.3 Å². The maximum Gasteiger partial charge on any atom is 0.0720 e. The standard InChI is InChI=1S/C10H13O/c1-9(2)11-8-10-6-4-3-5-7-10/h4-7,9H,8H2,1-2H3. The van der Waals surface area contributed by atoms with Gasteiger partial charge in [-0.05, 0) is 25.5 Å². The van der Waals surface area contributed by atoms with Crippen molar-refractivity contribution in [1.82, 2.24) is 0 Å². The van der Waals surface area contributed by atoms with Crippen LogP contribution in [0.3, 0.4) is 0 Å². The first kappa shape index (κ1) is 8.28. The van der Waals surface area contributed by atoms with E-state index in [1.165, 1.54) is 5.56 Å². The Kier molecular flexibility index (Phi) is 3.12. The van der Waals surface area contributed by atoms with Crippen molar-refractivity contribution in [1.29, 1.82) is 0 Å². The van der Waals surface area contributed by atoms with E-state index >= 15 is 0 Å². The van der Waals surface area contributed by atoms with E-state index in [2.05, 4.69) is 6.07 Å². The smallest absolute Gasteiger partial charge is 0.0720 e. The first-order chi connectivity index (χ1) is 5.29. The Labute approximate surface area is 68.0 Å². The highest BCUT2D eigenvalue weighted by molar-refractivity contribution is 5.12. The summed E-state index contributed by atoms with van der Waals surface area (Å²) in [4.78, 5) is 0. The van der Waals surface area contributed by atoms with Gasteiger partial charge in [0.25, 0.3) is 0 Å². The van der Waals surface area contributed by atoms with Crippen LogP contribution in [0.2, 0.25) is 0 Å². The normalized spacial score (nSPS) is 10.5. The Morgan fingerprint density at radius 2 is 2.00 bits per heavy atom. The summed E-state index contributed by atoms with van der Waals surface area (Å²) in [6.45, 7) is 4.77. The maximum atomic E-state index is 5.41. The van der Waals surface area contributed by atoms with Crippen molar-refractivity contribution in [2.75, 3.05) is 0 Å². The topological polar surface area (TPSA) is 9.23 Å². The lowest BCUT2D eigenvalue weighted by Gasteiger charge is -2.06. The largest absolute Gasteiger partial charge is 0.374 e. The lowest BCUT2D eigenvalue weighted by molar-refractivity contribution is 0.0657. The van der Waals surface area contributed by atoms with Crippen molar-refractivity contribution in [3.05, 3.63) is 35.9 Å². The molecule has 11 heavy (non-hydrogen) atoms. The second kappa shape index (κ2) is 4.14. The van der Waals surface area contributed by atoms with E-state index in [1.807, 2.05) is 38.1 Å². The van der Waals surface area contributed by atoms with E-state index in [9.17, 15) is 0 Å². The molecule has 59 valence electrons. The molecule has 1 nitrogen and oxygen atoms in total. The Morgan fingerprint density at radius 1 is 1.36 bits per heavy atom. The highest BCUT2D eigenvalue weighted by atomic mass is 16.5. The summed E-state index contributed by atoms with van der Waals surface area (Å²) in [5.41, 5.74) is 1.21. The highest BCUT2D eigenvalue weighted by Gasteiger charge is 1.93. The molecular weight excluding hydrogens is 136 g/mol. The molecule has 0 aliphatic carbocycles. The van der Waals surface area contributed by atoms with E-state index < -0.39 is 0 Å². The molecule has 0 saturated heterocycles. The lowest BCUT2D eigenvalue weighted by atomic mass is 10.2. The van der Waals surface area contributed by atoms with Crippen molar-refractivity contribution < 1.29 is 4.74 Å². The van der Waals surface area contributed by atoms with Gasteiger partial charge in [0.2, 0.25) is 0 Å². The molecule has 1 aromatic rings. The van der Waals surface area contributed by atoms with E-state index in [-0.39, 0.29) is 0 Å². The third-order valence-corrected chi connectivity index (χ3v) is 1.37. The van der Waals surface area contributed by atoms with E-state index in [0.717, 1.165) is 0 Å². The number of rotatable bonds is 3. The third-order valence-electron chi connectivity index (χ3n) is 1.37. The monoisotopic (exact) mass is 149 g/mol. The average molecular weight is 149 g/mol. The van der Waals surface area contributed by atoms with E-state index in [1.54, 1.807) is 0 Å². The first-order valence-electron chi connectivity index (χ1n) is 3.85. The van der Waals surface area contributed by atoms with Crippen LogP contribution in [-0.2, 0) is 11.3 Å². The van der Waals surface area contributed by atoms with Crippen molar-refractivity contribution >= 4 is 0 Å². The molecular formula is C10H13O. The minimum Gasteiger partial charge on any atom is -0.374 e. The van der Waals surface area contributed by atoms with Crippen LogP contribution >= 0.6 is 0 Å². The fraction of sp³-hybridized carbons (Fsp3) is 0.400. The molecule has 0 unspecified atom stereocenters.